The van der Waals surface area contributed by atoms with E-state index in [0.717, 1.165) is 18.6 Å². The molecule has 0 bridgehead atoms. The number of rotatable bonds is 4. The summed E-state index contributed by atoms with van der Waals surface area (Å²) in [7, 11) is 0. The first-order valence-corrected chi connectivity index (χ1v) is 9.67. The van der Waals surface area contributed by atoms with Crippen molar-refractivity contribution in [2.24, 2.45) is 0 Å². The summed E-state index contributed by atoms with van der Waals surface area (Å²) in [6.45, 7) is 2.10. The zero-order valence-corrected chi connectivity index (χ0v) is 14.8. The lowest BCUT2D eigenvalue weighted by Crippen LogP contribution is -2.32. The topological polar surface area (TPSA) is 49.3 Å². The number of hydrogen-bond donors (Lipinski definition) is 2. The van der Waals surface area contributed by atoms with Crippen LogP contribution >= 0.6 is 23.1 Å². The predicted octanol–water partition coefficient (Wildman–Crippen LogP) is 4.73. The van der Waals surface area contributed by atoms with Crippen LogP contribution in [0.3, 0.4) is 0 Å². The van der Waals surface area contributed by atoms with E-state index in [1.807, 2.05) is 11.8 Å². The molecule has 1 aliphatic heterocycles. The summed E-state index contributed by atoms with van der Waals surface area (Å²) in [6, 6.07) is 12.8. The number of aryl methyl sites for hydroxylation is 1. The molecule has 1 aromatic heterocycles. The molecule has 0 unspecified atom stereocenters. The van der Waals surface area contributed by atoms with Crippen molar-refractivity contribution in [1.82, 2.24) is 5.48 Å². The first-order valence-electron chi connectivity index (χ1n) is 7.87. The number of carbonyl (C=O) groups excluding carboxylic acids is 1. The van der Waals surface area contributed by atoms with Crippen LogP contribution < -0.4 is 5.48 Å². The maximum atomic E-state index is 11.8. The Morgan fingerprint density at radius 3 is 2.87 bits per heavy atom. The molecule has 2 aromatic rings. The minimum Gasteiger partial charge on any atom is -0.289 e. The Labute approximate surface area is 145 Å². The Kier molecular flexibility index (Phi) is 5.09. The summed E-state index contributed by atoms with van der Waals surface area (Å²) in [4.78, 5) is 14.3. The number of carbonyl (C=O) groups is 1. The molecule has 0 radical (unpaired) electrons. The fraction of sp³-hybridized carbons (Fsp3) is 0.389. The van der Waals surface area contributed by atoms with Gasteiger partial charge in [-0.05, 0) is 43.2 Å². The maximum Gasteiger partial charge on any atom is 0.245 e. The van der Waals surface area contributed by atoms with E-state index >= 15 is 0 Å². The van der Waals surface area contributed by atoms with Crippen molar-refractivity contribution in [3.05, 3.63) is 46.8 Å². The molecule has 0 saturated carbocycles. The van der Waals surface area contributed by atoms with E-state index in [9.17, 15) is 4.79 Å². The first-order chi connectivity index (χ1) is 11.1. The summed E-state index contributed by atoms with van der Waals surface area (Å²) in [5.74, 6) is 0.765. The van der Waals surface area contributed by atoms with Gasteiger partial charge in [-0.25, -0.2) is 5.48 Å². The lowest BCUT2D eigenvalue weighted by Gasteiger charge is -2.35. The third-order valence-corrected chi connectivity index (χ3v) is 7.36. The summed E-state index contributed by atoms with van der Waals surface area (Å²) in [5.41, 5.74) is 4.28. The van der Waals surface area contributed by atoms with Crippen LogP contribution in [0.25, 0.3) is 10.4 Å². The van der Waals surface area contributed by atoms with Gasteiger partial charge < -0.3 is 0 Å². The monoisotopic (exact) mass is 347 g/mol. The molecule has 23 heavy (non-hydrogen) atoms. The van der Waals surface area contributed by atoms with E-state index in [2.05, 4.69) is 43.3 Å². The van der Waals surface area contributed by atoms with Gasteiger partial charge in [-0.1, -0.05) is 36.2 Å². The third-order valence-electron chi connectivity index (χ3n) is 4.28. The van der Waals surface area contributed by atoms with Crippen molar-refractivity contribution < 1.29 is 10.0 Å². The maximum absolute atomic E-state index is 11.8. The quantitative estimate of drug-likeness (QED) is 0.621. The molecule has 1 amide bonds. The lowest BCUT2D eigenvalue weighted by atomic mass is 9.94. The van der Waals surface area contributed by atoms with E-state index in [1.165, 1.54) is 27.3 Å². The van der Waals surface area contributed by atoms with Crippen LogP contribution in [0.1, 0.15) is 36.1 Å². The van der Waals surface area contributed by atoms with Gasteiger partial charge in [0.05, 0.1) is 4.75 Å². The van der Waals surface area contributed by atoms with E-state index in [0.29, 0.717) is 6.42 Å². The molecular weight excluding hydrogens is 326 g/mol. The second kappa shape index (κ2) is 7.07. The summed E-state index contributed by atoms with van der Waals surface area (Å²) in [5, 5.41) is 8.94. The average Bonchev–Trinajstić information content (AvgIpc) is 3.06. The molecule has 5 heteroatoms. The van der Waals surface area contributed by atoms with Crippen molar-refractivity contribution in [3.8, 4) is 10.4 Å². The molecule has 0 aliphatic carbocycles. The highest BCUT2D eigenvalue weighted by atomic mass is 32.2. The Hall–Kier alpha value is -1.30. The van der Waals surface area contributed by atoms with Crippen molar-refractivity contribution in [1.29, 1.82) is 0 Å². The first kappa shape index (κ1) is 16.6. The van der Waals surface area contributed by atoms with Crippen LogP contribution in [0.2, 0.25) is 0 Å². The number of benzene rings is 1. The minimum absolute atomic E-state index is 0.197. The summed E-state index contributed by atoms with van der Waals surface area (Å²) < 4.78 is -0.197. The number of thiophene rings is 1. The molecule has 3 nitrogen and oxygen atoms in total. The SMILES string of the molecule is Cc1cccc(-c2ccc([C@@]3(CC(=O)NO)CCCCS3)s2)c1. The van der Waals surface area contributed by atoms with Gasteiger partial charge in [-0.2, -0.15) is 0 Å². The van der Waals surface area contributed by atoms with Gasteiger partial charge in [0.1, 0.15) is 0 Å². The number of amides is 1. The van der Waals surface area contributed by atoms with Gasteiger partial charge in [0, 0.05) is 16.2 Å². The van der Waals surface area contributed by atoms with Gasteiger partial charge in [0.2, 0.25) is 5.91 Å². The highest BCUT2D eigenvalue weighted by Crippen LogP contribution is 2.50. The predicted molar refractivity (Wildman–Crippen MR) is 97.0 cm³/mol. The normalized spacial score (nSPS) is 21.1. The Bertz CT molecular complexity index is 690. The zero-order chi connectivity index (χ0) is 16.3. The average molecular weight is 348 g/mol. The molecule has 122 valence electrons. The summed E-state index contributed by atoms with van der Waals surface area (Å²) in [6.07, 6.45) is 3.65. The lowest BCUT2D eigenvalue weighted by molar-refractivity contribution is -0.129. The minimum atomic E-state index is -0.301. The van der Waals surface area contributed by atoms with Crippen molar-refractivity contribution in [2.75, 3.05) is 5.75 Å². The van der Waals surface area contributed by atoms with E-state index in [4.69, 9.17) is 5.21 Å². The van der Waals surface area contributed by atoms with Crippen LogP contribution in [-0.2, 0) is 9.54 Å². The molecule has 3 rings (SSSR count). The number of hydrogen-bond acceptors (Lipinski definition) is 4. The van der Waals surface area contributed by atoms with Gasteiger partial charge in [-0.15, -0.1) is 23.1 Å². The second-order valence-electron chi connectivity index (χ2n) is 6.04. The highest BCUT2D eigenvalue weighted by Gasteiger charge is 2.38. The van der Waals surface area contributed by atoms with E-state index < -0.39 is 0 Å². The highest BCUT2D eigenvalue weighted by molar-refractivity contribution is 8.00. The van der Waals surface area contributed by atoms with Crippen LogP contribution in [0.15, 0.2) is 36.4 Å². The van der Waals surface area contributed by atoms with Gasteiger partial charge in [0.25, 0.3) is 0 Å². The Balaban J connectivity index is 1.93. The second-order valence-corrected chi connectivity index (χ2v) is 8.61. The largest absolute Gasteiger partial charge is 0.289 e. The molecule has 2 N–H and O–H groups in total. The molecule has 1 aliphatic rings. The molecule has 0 spiro atoms. The number of hydroxylamine groups is 1. The zero-order valence-electron chi connectivity index (χ0n) is 13.2. The van der Waals surface area contributed by atoms with E-state index in [1.54, 1.807) is 16.8 Å². The van der Waals surface area contributed by atoms with Crippen LogP contribution in [0.4, 0.5) is 0 Å². The Morgan fingerprint density at radius 2 is 2.17 bits per heavy atom. The number of thioether (sulfide) groups is 1. The fourth-order valence-electron chi connectivity index (χ4n) is 3.11. The van der Waals surface area contributed by atoms with Gasteiger partial charge >= 0.3 is 0 Å². The van der Waals surface area contributed by atoms with Crippen molar-refractivity contribution in [2.45, 2.75) is 37.4 Å². The van der Waals surface area contributed by atoms with E-state index in [-0.39, 0.29) is 10.7 Å². The van der Waals surface area contributed by atoms with Crippen molar-refractivity contribution in [3.63, 3.8) is 0 Å². The Morgan fingerprint density at radius 1 is 1.30 bits per heavy atom. The van der Waals surface area contributed by atoms with Crippen molar-refractivity contribution >= 4 is 29.0 Å². The van der Waals surface area contributed by atoms with Gasteiger partial charge in [-0.3, -0.25) is 10.0 Å². The molecular formula is C18H21NO2S2. The molecule has 1 saturated heterocycles. The van der Waals surface area contributed by atoms with Crippen LogP contribution in [0, 0.1) is 6.92 Å². The molecule has 2 heterocycles. The van der Waals surface area contributed by atoms with Crippen LogP contribution in [-0.4, -0.2) is 16.9 Å². The molecule has 1 aromatic carbocycles. The third kappa shape index (κ3) is 3.62. The van der Waals surface area contributed by atoms with Crippen LogP contribution in [0.5, 0.6) is 0 Å². The fourth-order valence-corrected chi connectivity index (χ4v) is 6.00. The number of nitrogens with one attached hydrogen (secondary N) is 1. The molecule has 1 fully saturated rings. The standard InChI is InChI=1S/C18H21NO2S2/c1-13-5-4-6-14(11-13)15-7-8-16(23-15)18(12-17(20)19-21)9-2-3-10-22-18/h4-8,11,21H,2-3,9-10,12H2,1H3,(H,19,20)/t18-/m0/s1. The molecule has 1 atom stereocenters. The van der Waals surface area contributed by atoms with Gasteiger partial charge in [0.15, 0.2) is 0 Å². The summed E-state index contributed by atoms with van der Waals surface area (Å²) >= 11 is 3.63. The smallest absolute Gasteiger partial charge is 0.245 e.